The van der Waals surface area contributed by atoms with E-state index in [2.05, 4.69) is 106 Å². The van der Waals surface area contributed by atoms with Gasteiger partial charge in [-0.05, 0) is 134 Å². The van der Waals surface area contributed by atoms with Gasteiger partial charge in [-0.25, -0.2) is 9.97 Å². The lowest BCUT2D eigenvalue weighted by molar-refractivity contribution is -0.126. The van der Waals surface area contributed by atoms with Gasteiger partial charge in [-0.15, -0.1) is 0 Å². The van der Waals surface area contributed by atoms with Crippen molar-refractivity contribution in [2.75, 3.05) is 31.1 Å². The number of aromatic nitrogens is 4. The average Bonchev–Trinajstić information content (AvgIpc) is 4.22. The summed E-state index contributed by atoms with van der Waals surface area (Å²) in [6, 6.07) is 41.4. The van der Waals surface area contributed by atoms with Crippen molar-refractivity contribution < 1.29 is 19.8 Å². The lowest BCUT2D eigenvalue weighted by Crippen LogP contribution is -2.34. The molecule has 3 saturated heterocycles. The summed E-state index contributed by atoms with van der Waals surface area (Å²) in [5, 5.41) is 22.7. The Morgan fingerprint density at radius 3 is 1.43 bits per heavy atom. The zero-order valence-electron chi connectivity index (χ0n) is 38.9. The van der Waals surface area contributed by atoms with Gasteiger partial charge in [0, 0.05) is 18.8 Å². The Kier molecular flexibility index (Phi) is 12.2. The number of carbonyl (C=O) groups excluding carboxylic acids is 2. The number of aromatic amines is 2. The molecule has 5 heterocycles. The summed E-state index contributed by atoms with van der Waals surface area (Å²) in [6.45, 7) is 9.70. The van der Waals surface area contributed by atoms with Crippen molar-refractivity contribution in [3.05, 3.63) is 161 Å². The fourth-order valence-electron chi connectivity index (χ4n) is 11.2. The molecule has 67 heavy (non-hydrogen) atoms. The van der Waals surface area contributed by atoms with Gasteiger partial charge < -0.3 is 25.1 Å². The number of nitrogens with zero attached hydrogens (tertiary/aromatic N) is 5. The van der Waals surface area contributed by atoms with E-state index in [1.807, 2.05) is 60.7 Å². The first-order valence-electron chi connectivity index (χ1n) is 24.3. The normalized spacial score (nSPS) is 22.4. The van der Waals surface area contributed by atoms with Crippen molar-refractivity contribution in [3.8, 4) is 0 Å². The molecule has 0 bridgehead atoms. The molecule has 3 fully saturated rings. The number of fused-ring (bicyclic) bond motifs is 2. The number of anilines is 1. The summed E-state index contributed by atoms with van der Waals surface area (Å²) in [5.41, 5.74) is 7.10. The minimum atomic E-state index is -1.53. The maximum atomic E-state index is 12.2. The van der Waals surface area contributed by atoms with Crippen LogP contribution in [0.1, 0.15) is 136 Å². The first kappa shape index (κ1) is 44.8. The Morgan fingerprint density at radius 2 is 1.01 bits per heavy atom. The quantitative estimate of drug-likeness (QED) is 0.0740. The van der Waals surface area contributed by atoms with E-state index in [9.17, 15) is 19.8 Å². The molecular formula is C56H63N7O4. The zero-order valence-corrected chi connectivity index (χ0v) is 38.9. The van der Waals surface area contributed by atoms with Crippen LogP contribution in [0.25, 0.3) is 22.1 Å². The summed E-state index contributed by atoms with van der Waals surface area (Å²) in [4.78, 5) is 49.4. The molecule has 0 saturated carbocycles. The van der Waals surface area contributed by atoms with Gasteiger partial charge in [0.15, 0.2) is 12.6 Å². The highest BCUT2D eigenvalue weighted by Gasteiger charge is 2.38. The fraction of sp³-hybridized carbons (Fsp3) is 0.393. The van der Waals surface area contributed by atoms with Crippen LogP contribution in [-0.4, -0.2) is 78.7 Å². The molecule has 7 aromatic rings. The van der Waals surface area contributed by atoms with Crippen LogP contribution in [0, 0.1) is 0 Å². The van der Waals surface area contributed by atoms with E-state index in [-0.39, 0.29) is 29.6 Å². The standard InChI is InChI=1S/C56H63N7O4/c1-54(2,3)40-20-22-43(23-21-40)63-48(38-18-24-44-46(34-38)59-52(57-44)50-16-10-30-61(50)32-28-55(66,36-64)41-12-6-4-7-13-41)26-27-49(63)39-19-25-45-47(35-39)60-53(58-45)51-17-11-31-62(51)33-29-56(67,37-65)42-14-8-5-9-15-42/h4-9,12-15,18-25,34-37,48-51,66-67H,10-11,16-17,26-33H2,1-3H3,(H,57,59)(H,58,60)/t48-,49?,50+,51+,55+,56+/m1/s1. The van der Waals surface area contributed by atoms with E-state index in [0.717, 1.165) is 85.3 Å². The number of hydrogen-bond donors (Lipinski definition) is 4. The first-order chi connectivity index (χ1) is 32.4. The molecule has 6 atom stereocenters. The monoisotopic (exact) mass is 897 g/mol. The summed E-state index contributed by atoms with van der Waals surface area (Å²) in [5.74, 6) is 1.86. The number of H-pyrrole nitrogens is 2. The summed E-state index contributed by atoms with van der Waals surface area (Å²) in [7, 11) is 0. The second kappa shape index (κ2) is 18.3. The van der Waals surface area contributed by atoms with E-state index in [4.69, 9.17) is 9.97 Å². The number of nitrogens with one attached hydrogen (secondary N) is 2. The van der Waals surface area contributed by atoms with Crippen LogP contribution < -0.4 is 4.90 Å². The van der Waals surface area contributed by atoms with Gasteiger partial charge in [0.1, 0.15) is 22.9 Å². The number of imidazole rings is 2. The van der Waals surface area contributed by atoms with Gasteiger partial charge in [-0.1, -0.05) is 106 Å². The largest absolute Gasteiger partial charge is 0.378 e. The van der Waals surface area contributed by atoms with E-state index < -0.39 is 11.2 Å². The molecule has 2 aromatic heterocycles. The molecule has 11 nitrogen and oxygen atoms in total. The molecule has 0 amide bonds. The number of rotatable bonds is 15. The van der Waals surface area contributed by atoms with Crippen LogP contribution in [0.3, 0.4) is 0 Å². The highest BCUT2D eigenvalue weighted by atomic mass is 16.3. The van der Waals surface area contributed by atoms with Gasteiger partial charge in [-0.2, -0.15) is 0 Å². The number of likely N-dealkylation sites (tertiary alicyclic amines) is 2. The highest BCUT2D eigenvalue weighted by molar-refractivity contribution is 5.78. The minimum absolute atomic E-state index is 0.0358. The third kappa shape index (κ3) is 8.86. The van der Waals surface area contributed by atoms with Crippen LogP contribution in [0.15, 0.2) is 121 Å². The van der Waals surface area contributed by atoms with Crippen LogP contribution in [0.4, 0.5) is 5.69 Å². The molecule has 3 aliphatic rings. The Labute approximate surface area is 393 Å². The van der Waals surface area contributed by atoms with E-state index in [1.165, 1.54) is 22.4 Å². The third-order valence-corrected chi connectivity index (χ3v) is 15.1. The smallest absolute Gasteiger partial charge is 0.156 e. The molecule has 4 N–H and O–H groups in total. The van der Waals surface area contributed by atoms with E-state index in [1.54, 1.807) is 0 Å². The molecule has 5 aromatic carbocycles. The van der Waals surface area contributed by atoms with Gasteiger partial charge in [-0.3, -0.25) is 19.4 Å². The molecule has 1 unspecified atom stereocenters. The van der Waals surface area contributed by atoms with Gasteiger partial charge in [0.25, 0.3) is 0 Å². The number of aldehydes is 2. The number of aliphatic hydroxyl groups is 2. The number of benzene rings is 5. The topological polar surface area (TPSA) is 142 Å². The van der Waals surface area contributed by atoms with Crippen molar-refractivity contribution in [1.82, 2.24) is 29.7 Å². The predicted molar refractivity (Wildman–Crippen MR) is 264 cm³/mol. The predicted octanol–water partition coefficient (Wildman–Crippen LogP) is 10.0. The van der Waals surface area contributed by atoms with Crippen molar-refractivity contribution in [2.45, 2.75) is 113 Å². The molecule has 346 valence electrons. The Balaban J connectivity index is 0.904. The highest BCUT2D eigenvalue weighted by Crippen LogP contribution is 2.48. The second-order valence-electron chi connectivity index (χ2n) is 20.3. The molecule has 3 aliphatic heterocycles. The summed E-state index contributed by atoms with van der Waals surface area (Å²) >= 11 is 0. The lowest BCUT2D eigenvalue weighted by Gasteiger charge is -2.34. The van der Waals surface area contributed by atoms with Crippen molar-refractivity contribution >= 4 is 40.3 Å². The first-order valence-corrected chi connectivity index (χ1v) is 24.3. The molecule has 10 rings (SSSR count). The Morgan fingerprint density at radius 1 is 0.567 bits per heavy atom. The maximum absolute atomic E-state index is 12.2. The minimum Gasteiger partial charge on any atom is -0.378 e. The van der Waals surface area contributed by atoms with Crippen LogP contribution >= 0.6 is 0 Å². The van der Waals surface area contributed by atoms with Crippen molar-refractivity contribution in [3.63, 3.8) is 0 Å². The Hall–Kier alpha value is -5.98. The number of hydrogen-bond acceptors (Lipinski definition) is 9. The van der Waals surface area contributed by atoms with Gasteiger partial charge >= 0.3 is 0 Å². The van der Waals surface area contributed by atoms with Crippen molar-refractivity contribution in [2.24, 2.45) is 0 Å². The van der Waals surface area contributed by atoms with Crippen molar-refractivity contribution in [1.29, 1.82) is 0 Å². The zero-order chi connectivity index (χ0) is 46.3. The average molecular weight is 898 g/mol. The molecule has 0 spiro atoms. The summed E-state index contributed by atoms with van der Waals surface area (Å²) < 4.78 is 0. The lowest BCUT2D eigenvalue weighted by atomic mass is 9.87. The fourth-order valence-corrected chi connectivity index (χ4v) is 11.2. The second-order valence-corrected chi connectivity index (χ2v) is 20.3. The van der Waals surface area contributed by atoms with E-state index >= 15 is 0 Å². The van der Waals surface area contributed by atoms with Gasteiger partial charge in [0.05, 0.1) is 46.2 Å². The Bertz CT molecular complexity index is 2670. The molecule has 11 heteroatoms. The number of carbonyl (C=O) groups is 2. The van der Waals surface area contributed by atoms with Crippen LogP contribution in [0.5, 0.6) is 0 Å². The third-order valence-electron chi connectivity index (χ3n) is 15.1. The van der Waals surface area contributed by atoms with Gasteiger partial charge in [0.2, 0.25) is 0 Å². The maximum Gasteiger partial charge on any atom is 0.156 e. The van der Waals surface area contributed by atoms with Crippen LogP contribution in [0.2, 0.25) is 0 Å². The van der Waals surface area contributed by atoms with E-state index in [0.29, 0.717) is 49.6 Å². The molecule has 0 aliphatic carbocycles. The van der Waals surface area contributed by atoms with Crippen LogP contribution in [-0.2, 0) is 26.2 Å². The SMILES string of the molecule is CC(C)(C)c1ccc(N2C(c3ccc4nc([C@@H]5CCCN5CC[C@](O)(C=O)c5ccccc5)[nH]c4c3)CC[C@@H]2c2ccc3nc([C@@H]4CCCN4CC[C@](O)(C=O)c4ccccc4)[nH]c3c2)cc1. The summed E-state index contributed by atoms with van der Waals surface area (Å²) in [6.07, 6.45) is 7.92. The molecular weight excluding hydrogens is 835 g/mol. The molecule has 0 radical (unpaired) electrons.